The number of hydrogen-bond acceptors (Lipinski definition) is 4. The maximum atomic E-state index is 11.4. The summed E-state index contributed by atoms with van der Waals surface area (Å²) in [5.41, 5.74) is 1.52. The Kier molecular flexibility index (Phi) is 8.64. The molecule has 0 bridgehead atoms. The molecule has 1 aromatic rings. The Morgan fingerprint density at radius 3 is 2.40 bits per heavy atom. The van der Waals surface area contributed by atoms with Crippen molar-refractivity contribution in [1.29, 1.82) is 0 Å². The minimum absolute atomic E-state index is 0.206. The van der Waals surface area contributed by atoms with Crippen LogP contribution in [0.3, 0.4) is 0 Å². The Hall–Kier alpha value is -0.853. The summed E-state index contributed by atoms with van der Waals surface area (Å²) in [6.07, 6.45) is 2.48. The van der Waals surface area contributed by atoms with Crippen LogP contribution in [0.25, 0.3) is 0 Å². The number of carbonyl (C=O) groups excluding carboxylic acids is 1. The summed E-state index contributed by atoms with van der Waals surface area (Å²) in [5.74, 6) is 1.33. The van der Waals surface area contributed by atoms with Gasteiger partial charge in [-0.1, -0.05) is 36.7 Å². The molecule has 0 radical (unpaired) electrons. The summed E-state index contributed by atoms with van der Waals surface area (Å²) in [6, 6.07) is 3.66. The summed E-state index contributed by atoms with van der Waals surface area (Å²) >= 11 is 3.36. The first-order chi connectivity index (χ1) is 11.7. The average molecular weight is 431 g/mol. The van der Waals surface area contributed by atoms with Gasteiger partial charge in [0.15, 0.2) is 14.6 Å². The highest BCUT2D eigenvalue weighted by Gasteiger charge is 2.36. The molecule has 0 atom stereocenters. The van der Waals surface area contributed by atoms with Crippen molar-refractivity contribution < 1.29 is 18.7 Å². The van der Waals surface area contributed by atoms with Gasteiger partial charge in [-0.05, 0) is 48.7 Å². The van der Waals surface area contributed by atoms with E-state index in [0.717, 1.165) is 24.7 Å². The third-order valence-electron chi connectivity index (χ3n) is 4.71. The van der Waals surface area contributed by atoms with Crippen molar-refractivity contribution in [2.75, 3.05) is 25.7 Å². The normalized spacial score (nSPS) is 12.1. The SMILES string of the molecule is COc1cc(C=O)c(OCCBr)c(CCCO[Si](C)(C)C(C)(C)C)c1. The van der Waals surface area contributed by atoms with Crippen LogP contribution in [0, 0.1) is 0 Å². The zero-order valence-corrected chi connectivity index (χ0v) is 18.9. The fourth-order valence-electron chi connectivity index (χ4n) is 2.20. The number of alkyl halides is 1. The van der Waals surface area contributed by atoms with Gasteiger partial charge in [0.2, 0.25) is 0 Å². The number of aldehydes is 1. The van der Waals surface area contributed by atoms with E-state index in [1.54, 1.807) is 13.2 Å². The van der Waals surface area contributed by atoms with Gasteiger partial charge in [-0.15, -0.1) is 0 Å². The predicted molar refractivity (Wildman–Crippen MR) is 109 cm³/mol. The molecule has 25 heavy (non-hydrogen) atoms. The third-order valence-corrected chi connectivity index (χ3v) is 9.58. The third kappa shape index (κ3) is 6.42. The maximum Gasteiger partial charge on any atom is 0.191 e. The van der Waals surface area contributed by atoms with Crippen LogP contribution in [0.4, 0.5) is 0 Å². The number of hydrogen-bond donors (Lipinski definition) is 0. The van der Waals surface area contributed by atoms with Crippen molar-refractivity contribution in [2.45, 2.75) is 51.7 Å². The molecule has 0 aromatic heterocycles. The van der Waals surface area contributed by atoms with Gasteiger partial charge in [-0.3, -0.25) is 4.79 Å². The van der Waals surface area contributed by atoms with Gasteiger partial charge in [0.25, 0.3) is 0 Å². The first-order valence-electron chi connectivity index (χ1n) is 8.65. The van der Waals surface area contributed by atoms with Crippen molar-refractivity contribution in [2.24, 2.45) is 0 Å². The van der Waals surface area contributed by atoms with Crippen LogP contribution in [0.2, 0.25) is 18.1 Å². The Bertz CT molecular complexity index is 567. The van der Waals surface area contributed by atoms with Gasteiger partial charge in [0.1, 0.15) is 11.5 Å². The highest BCUT2D eigenvalue weighted by molar-refractivity contribution is 9.09. The lowest BCUT2D eigenvalue weighted by Gasteiger charge is -2.36. The van der Waals surface area contributed by atoms with Crippen LogP contribution >= 0.6 is 15.9 Å². The molecule has 0 aliphatic heterocycles. The lowest BCUT2D eigenvalue weighted by Crippen LogP contribution is -2.41. The molecule has 0 heterocycles. The number of ether oxygens (including phenoxy) is 2. The number of halogens is 1. The zero-order valence-electron chi connectivity index (χ0n) is 16.3. The van der Waals surface area contributed by atoms with Crippen molar-refractivity contribution in [1.82, 2.24) is 0 Å². The number of carbonyl (C=O) groups is 1. The van der Waals surface area contributed by atoms with E-state index in [1.807, 2.05) is 6.07 Å². The summed E-state index contributed by atoms with van der Waals surface area (Å²) in [6.45, 7) is 12.5. The molecule has 0 N–H and O–H groups in total. The van der Waals surface area contributed by atoms with Crippen molar-refractivity contribution in [3.05, 3.63) is 23.3 Å². The van der Waals surface area contributed by atoms with Crippen LogP contribution in [-0.4, -0.2) is 40.3 Å². The highest BCUT2D eigenvalue weighted by Crippen LogP contribution is 2.36. The first kappa shape index (κ1) is 22.2. The van der Waals surface area contributed by atoms with Gasteiger partial charge in [-0.25, -0.2) is 0 Å². The molecule has 0 amide bonds. The summed E-state index contributed by atoms with van der Waals surface area (Å²) in [4.78, 5) is 11.4. The van der Waals surface area contributed by atoms with Crippen LogP contribution in [0.15, 0.2) is 12.1 Å². The summed E-state index contributed by atoms with van der Waals surface area (Å²) in [5, 5.41) is 0.920. The van der Waals surface area contributed by atoms with E-state index in [1.165, 1.54) is 0 Å². The molecular formula is C19H31BrO4Si. The quantitative estimate of drug-likeness (QED) is 0.220. The van der Waals surface area contributed by atoms with Crippen molar-refractivity contribution in [3.63, 3.8) is 0 Å². The van der Waals surface area contributed by atoms with E-state index in [9.17, 15) is 4.79 Å². The van der Waals surface area contributed by atoms with Gasteiger partial charge in [-0.2, -0.15) is 0 Å². The second-order valence-electron chi connectivity index (χ2n) is 7.57. The Labute approximate surface area is 161 Å². The fraction of sp³-hybridized carbons (Fsp3) is 0.632. The molecule has 0 fully saturated rings. The molecule has 0 aliphatic carbocycles. The second-order valence-corrected chi connectivity index (χ2v) is 13.2. The molecule has 0 unspecified atom stereocenters. The largest absolute Gasteiger partial charge is 0.497 e. The Morgan fingerprint density at radius 1 is 1.20 bits per heavy atom. The highest BCUT2D eigenvalue weighted by atomic mass is 79.9. The standard InChI is InChI=1S/C19H31BrO4Si/c1-19(2,3)25(5,6)24-10-7-8-15-12-17(22-4)13-16(14-21)18(15)23-11-9-20/h12-14H,7-11H2,1-6H3. The number of benzene rings is 1. The first-order valence-corrected chi connectivity index (χ1v) is 12.7. The minimum Gasteiger partial charge on any atom is -0.497 e. The van der Waals surface area contributed by atoms with Crippen LogP contribution in [-0.2, 0) is 10.8 Å². The van der Waals surface area contributed by atoms with E-state index in [-0.39, 0.29) is 5.04 Å². The predicted octanol–water partition coefficient (Wildman–Crippen LogP) is 5.24. The van der Waals surface area contributed by atoms with Gasteiger partial charge >= 0.3 is 0 Å². The van der Waals surface area contributed by atoms with Crippen LogP contribution in [0.5, 0.6) is 11.5 Å². The summed E-state index contributed by atoms with van der Waals surface area (Å²) < 4.78 is 17.3. The smallest absolute Gasteiger partial charge is 0.191 e. The lowest BCUT2D eigenvalue weighted by atomic mass is 10.0. The van der Waals surface area contributed by atoms with Gasteiger partial charge in [0, 0.05) is 11.9 Å². The number of aryl methyl sites for hydroxylation is 1. The molecule has 6 heteroatoms. The monoisotopic (exact) mass is 430 g/mol. The number of methoxy groups -OCH3 is 1. The molecule has 1 aromatic carbocycles. The number of rotatable bonds is 10. The maximum absolute atomic E-state index is 11.4. The van der Waals surface area contributed by atoms with E-state index < -0.39 is 8.32 Å². The fourth-order valence-corrected chi connectivity index (χ4v) is 3.45. The molecular weight excluding hydrogens is 400 g/mol. The molecule has 0 aliphatic rings. The van der Waals surface area contributed by atoms with Crippen molar-refractivity contribution >= 4 is 30.5 Å². The molecule has 0 saturated carbocycles. The Balaban J connectivity index is 2.84. The zero-order chi connectivity index (χ0) is 19.1. The topological polar surface area (TPSA) is 44.8 Å². The lowest BCUT2D eigenvalue weighted by molar-refractivity contribution is 0.111. The van der Waals surface area contributed by atoms with E-state index in [4.69, 9.17) is 13.9 Å². The minimum atomic E-state index is -1.73. The molecule has 0 saturated heterocycles. The molecule has 1 rings (SSSR count). The van der Waals surface area contributed by atoms with Crippen LogP contribution in [0.1, 0.15) is 43.1 Å². The molecule has 142 valence electrons. The molecule has 0 spiro atoms. The van der Waals surface area contributed by atoms with E-state index in [0.29, 0.717) is 35.6 Å². The average Bonchev–Trinajstić information content (AvgIpc) is 2.55. The van der Waals surface area contributed by atoms with Crippen LogP contribution < -0.4 is 9.47 Å². The van der Waals surface area contributed by atoms with E-state index in [2.05, 4.69) is 49.8 Å². The molecule has 4 nitrogen and oxygen atoms in total. The van der Waals surface area contributed by atoms with Gasteiger partial charge in [0.05, 0.1) is 19.3 Å². The second kappa shape index (κ2) is 9.74. The van der Waals surface area contributed by atoms with E-state index >= 15 is 0 Å². The van der Waals surface area contributed by atoms with Crippen molar-refractivity contribution in [3.8, 4) is 11.5 Å². The Morgan fingerprint density at radius 2 is 1.88 bits per heavy atom. The summed E-state index contributed by atoms with van der Waals surface area (Å²) in [7, 11) is -0.127. The van der Waals surface area contributed by atoms with Gasteiger partial charge < -0.3 is 13.9 Å².